The molecule has 2 N–H and O–H groups in total. The molecule has 5 heteroatoms. The molecular formula is C22H25N3O2. The van der Waals surface area contributed by atoms with E-state index in [1.807, 2.05) is 29.2 Å². The van der Waals surface area contributed by atoms with E-state index in [0.717, 1.165) is 36.3 Å². The average molecular weight is 363 g/mol. The normalized spacial score (nSPS) is 22.1. The molecule has 2 heterocycles. The van der Waals surface area contributed by atoms with Gasteiger partial charge in [0.2, 0.25) is 11.8 Å². The predicted molar refractivity (Wildman–Crippen MR) is 106 cm³/mol. The van der Waals surface area contributed by atoms with Gasteiger partial charge in [-0.15, -0.1) is 0 Å². The van der Waals surface area contributed by atoms with Gasteiger partial charge in [0.05, 0.1) is 12.0 Å². The fraction of sp³-hybridized carbons (Fsp3) is 0.364. The van der Waals surface area contributed by atoms with Crippen LogP contribution in [0.1, 0.15) is 42.0 Å². The van der Waals surface area contributed by atoms with Gasteiger partial charge in [-0.1, -0.05) is 49.4 Å². The number of hydrogen-bond acceptors (Lipinski definition) is 3. The molecule has 2 unspecified atom stereocenters. The van der Waals surface area contributed by atoms with Crippen LogP contribution >= 0.6 is 0 Å². The van der Waals surface area contributed by atoms with Crippen molar-refractivity contribution in [1.82, 2.24) is 10.2 Å². The lowest BCUT2D eigenvalue weighted by Crippen LogP contribution is -2.50. The monoisotopic (exact) mass is 363 g/mol. The fourth-order valence-electron chi connectivity index (χ4n) is 4.07. The van der Waals surface area contributed by atoms with Gasteiger partial charge in [0.15, 0.2) is 0 Å². The van der Waals surface area contributed by atoms with Crippen LogP contribution in [-0.2, 0) is 16.0 Å². The first-order valence-electron chi connectivity index (χ1n) is 9.66. The second-order valence-corrected chi connectivity index (χ2v) is 7.24. The highest BCUT2D eigenvalue weighted by Gasteiger charge is 2.37. The van der Waals surface area contributed by atoms with Crippen molar-refractivity contribution < 1.29 is 9.59 Å². The van der Waals surface area contributed by atoms with Crippen LogP contribution in [0.3, 0.4) is 0 Å². The Balaban J connectivity index is 1.64. The Morgan fingerprint density at radius 3 is 2.70 bits per heavy atom. The van der Waals surface area contributed by atoms with Crippen molar-refractivity contribution >= 4 is 17.5 Å². The topological polar surface area (TPSA) is 61.4 Å². The van der Waals surface area contributed by atoms with E-state index >= 15 is 0 Å². The zero-order valence-electron chi connectivity index (χ0n) is 15.6. The quantitative estimate of drug-likeness (QED) is 0.882. The second-order valence-electron chi connectivity index (χ2n) is 7.24. The van der Waals surface area contributed by atoms with E-state index in [0.29, 0.717) is 6.54 Å². The Kier molecular flexibility index (Phi) is 4.94. The number of piperazine rings is 1. The van der Waals surface area contributed by atoms with Crippen molar-refractivity contribution in [2.45, 2.75) is 31.7 Å². The molecule has 2 atom stereocenters. The number of hydrogen-bond donors (Lipinski definition) is 2. The maximum atomic E-state index is 13.5. The van der Waals surface area contributed by atoms with Gasteiger partial charge in [-0.2, -0.15) is 0 Å². The number of carbonyl (C=O) groups is 2. The lowest BCUT2D eigenvalue weighted by molar-refractivity contribution is -0.138. The summed E-state index contributed by atoms with van der Waals surface area (Å²) in [4.78, 5) is 27.6. The molecule has 0 aliphatic carbocycles. The van der Waals surface area contributed by atoms with Crippen molar-refractivity contribution in [3.05, 3.63) is 65.2 Å². The Labute approximate surface area is 159 Å². The number of benzene rings is 2. The van der Waals surface area contributed by atoms with Crippen molar-refractivity contribution in [3.8, 4) is 0 Å². The Morgan fingerprint density at radius 1 is 1.15 bits per heavy atom. The molecular weight excluding hydrogens is 338 g/mol. The summed E-state index contributed by atoms with van der Waals surface area (Å²) in [5, 5.41) is 6.29. The minimum atomic E-state index is -0.412. The van der Waals surface area contributed by atoms with Gasteiger partial charge in [-0.3, -0.25) is 9.59 Å². The molecule has 0 bridgehead atoms. The lowest BCUT2D eigenvalue weighted by atomic mass is 9.88. The molecule has 2 aliphatic rings. The predicted octanol–water partition coefficient (Wildman–Crippen LogP) is 2.85. The molecule has 4 rings (SSSR count). The van der Waals surface area contributed by atoms with Crippen LogP contribution in [0.15, 0.2) is 48.5 Å². The third kappa shape index (κ3) is 3.47. The number of carbonyl (C=O) groups excluding carboxylic acids is 2. The summed E-state index contributed by atoms with van der Waals surface area (Å²) in [5.41, 5.74) is 4.10. The zero-order chi connectivity index (χ0) is 18.8. The van der Waals surface area contributed by atoms with Crippen LogP contribution in [0.4, 0.5) is 5.69 Å². The van der Waals surface area contributed by atoms with Crippen LogP contribution in [0.25, 0.3) is 0 Å². The number of fused-ring (bicyclic) bond motifs is 1. The van der Waals surface area contributed by atoms with Gasteiger partial charge in [-0.05, 0) is 29.2 Å². The SMILES string of the molecule is CCc1ccc(C2CNCCN2C(=O)C2CC(=O)Nc3ccccc32)cc1. The van der Waals surface area contributed by atoms with Gasteiger partial charge in [0.25, 0.3) is 0 Å². The van der Waals surface area contributed by atoms with E-state index < -0.39 is 5.92 Å². The fourth-order valence-corrected chi connectivity index (χ4v) is 4.07. The molecule has 5 nitrogen and oxygen atoms in total. The molecule has 1 fully saturated rings. The molecule has 140 valence electrons. The summed E-state index contributed by atoms with van der Waals surface area (Å²) in [6, 6.07) is 16.1. The molecule has 1 saturated heterocycles. The van der Waals surface area contributed by atoms with E-state index in [-0.39, 0.29) is 24.3 Å². The van der Waals surface area contributed by atoms with E-state index in [1.54, 1.807) is 0 Å². The maximum absolute atomic E-state index is 13.5. The lowest BCUT2D eigenvalue weighted by Gasteiger charge is -2.39. The van der Waals surface area contributed by atoms with Gasteiger partial charge < -0.3 is 15.5 Å². The molecule has 0 radical (unpaired) electrons. The van der Waals surface area contributed by atoms with E-state index in [2.05, 4.69) is 41.8 Å². The zero-order valence-corrected chi connectivity index (χ0v) is 15.6. The summed E-state index contributed by atoms with van der Waals surface area (Å²) in [7, 11) is 0. The largest absolute Gasteiger partial charge is 0.333 e. The first-order valence-corrected chi connectivity index (χ1v) is 9.66. The summed E-state index contributed by atoms with van der Waals surface area (Å²) >= 11 is 0. The van der Waals surface area contributed by atoms with Crippen molar-refractivity contribution in [2.75, 3.05) is 25.0 Å². The maximum Gasteiger partial charge on any atom is 0.231 e. The van der Waals surface area contributed by atoms with Crippen molar-refractivity contribution in [1.29, 1.82) is 0 Å². The Hall–Kier alpha value is -2.66. The number of nitrogens with zero attached hydrogens (tertiary/aromatic N) is 1. The van der Waals surface area contributed by atoms with Gasteiger partial charge in [0, 0.05) is 31.7 Å². The smallest absolute Gasteiger partial charge is 0.231 e. The number of para-hydroxylation sites is 1. The number of aryl methyl sites for hydroxylation is 1. The number of anilines is 1. The number of rotatable bonds is 3. The third-order valence-corrected chi connectivity index (χ3v) is 5.60. The molecule has 2 amide bonds. The highest BCUT2D eigenvalue weighted by molar-refractivity contribution is 6.01. The molecule has 2 aromatic carbocycles. The van der Waals surface area contributed by atoms with Crippen molar-refractivity contribution in [2.24, 2.45) is 0 Å². The highest BCUT2D eigenvalue weighted by Crippen LogP contribution is 2.35. The van der Waals surface area contributed by atoms with Gasteiger partial charge >= 0.3 is 0 Å². The first-order chi connectivity index (χ1) is 13.2. The molecule has 0 saturated carbocycles. The highest BCUT2D eigenvalue weighted by atomic mass is 16.2. The van der Waals surface area contributed by atoms with Crippen LogP contribution in [-0.4, -0.2) is 36.3 Å². The average Bonchev–Trinajstić information content (AvgIpc) is 2.72. The Bertz CT molecular complexity index is 847. The van der Waals surface area contributed by atoms with Gasteiger partial charge in [0.1, 0.15) is 0 Å². The molecule has 0 spiro atoms. The second kappa shape index (κ2) is 7.53. The summed E-state index contributed by atoms with van der Waals surface area (Å²) in [5.74, 6) is -0.458. The van der Waals surface area contributed by atoms with E-state index in [1.165, 1.54) is 5.56 Å². The minimum absolute atomic E-state index is 0.00527. The first kappa shape index (κ1) is 17.7. The number of amides is 2. The minimum Gasteiger partial charge on any atom is -0.333 e. The molecule has 27 heavy (non-hydrogen) atoms. The van der Waals surface area contributed by atoms with E-state index in [9.17, 15) is 9.59 Å². The number of nitrogens with one attached hydrogen (secondary N) is 2. The van der Waals surface area contributed by atoms with Crippen LogP contribution in [0, 0.1) is 0 Å². The summed E-state index contributed by atoms with van der Waals surface area (Å²) in [6.45, 7) is 4.30. The third-order valence-electron chi connectivity index (χ3n) is 5.60. The van der Waals surface area contributed by atoms with Crippen LogP contribution in [0.5, 0.6) is 0 Å². The molecule has 0 aromatic heterocycles. The molecule has 2 aromatic rings. The summed E-state index contributed by atoms with van der Waals surface area (Å²) in [6.07, 6.45) is 1.21. The van der Waals surface area contributed by atoms with E-state index in [4.69, 9.17) is 0 Å². The summed E-state index contributed by atoms with van der Waals surface area (Å²) < 4.78 is 0. The standard InChI is InChI=1S/C22H25N3O2/c1-2-15-7-9-16(10-8-15)20-14-23-11-12-25(20)22(27)18-13-21(26)24-19-6-4-3-5-17(18)19/h3-10,18,20,23H,2,11-14H2,1H3,(H,24,26). The van der Waals surface area contributed by atoms with Crippen molar-refractivity contribution in [3.63, 3.8) is 0 Å². The van der Waals surface area contributed by atoms with Crippen LogP contribution in [0.2, 0.25) is 0 Å². The van der Waals surface area contributed by atoms with Gasteiger partial charge in [-0.25, -0.2) is 0 Å². The Morgan fingerprint density at radius 2 is 1.93 bits per heavy atom. The van der Waals surface area contributed by atoms with Crippen LogP contribution < -0.4 is 10.6 Å². The molecule has 2 aliphatic heterocycles.